The molecular formula is C12H22N6. The van der Waals surface area contributed by atoms with Gasteiger partial charge in [0.2, 0.25) is 0 Å². The Hall–Kier alpha value is -1.56. The van der Waals surface area contributed by atoms with Crippen LogP contribution in [0.1, 0.15) is 19.3 Å². The summed E-state index contributed by atoms with van der Waals surface area (Å²) in [6.45, 7) is 4.33. The molecule has 6 nitrogen and oxygen atoms in total. The molecule has 0 spiro atoms. The first kappa shape index (κ1) is 12.9. The minimum atomic E-state index is 0.582. The molecule has 4 N–H and O–H groups in total. The van der Waals surface area contributed by atoms with Crippen LogP contribution in [0, 0.1) is 0 Å². The molecule has 0 radical (unpaired) electrons. The minimum absolute atomic E-state index is 0.582. The average molecular weight is 250 g/mol. The lowest BCUT2D eigenvalue weighted by Crippen LogP contribution is -2.33. The van der Waals surface area contributed by atoms with Gasteiger partial charge in [0.15, 0.2) is 11.6 Å². The second-order valence-electron chi connectivity index (χ2n) is 4.56. The number of hydrogen-bond donors (Lipinski definition) is 3. The van der Waals surface area contributed by atoms with Crippen LogP contribution < -0.4 is 16.4 Å². The number of aromatic nitrogens is 2. The fourth-order valence-corrected chi connectivity index (χ4v) is 2.25. The van der Waals surface area contributed by atoms with E-state index in [-0.39, 0.29) is 0 Å². The van der Waals surface area contributed by atoms with Gasteiger partial charge in [-0.2, -0.15) is 0 Å². The van der Waals surface area contributed by atoms with Gasteiger partial charge in [-0.3, -0.25) is 0 Å². The molecular weight excluding hydrogens is 228 g/mol. The van der Waals surface area contributed by atoms with Crippen LogP contribution in [0.25, 0.3) is 0 Å². The molecule has 0 amide bonds. The van der Waals surface area contributed by atoms with Crippen LogP contribution in [0.2, 0.25) is 0 Å². The molecule has 0 bridgehead atoms. The number of hydrogen-bond acceptors (Lipinski definition) is 6. The van der Waals surface area contributed by atoms with Crippen LogP contribution in [0.5, 0.6) is 0 Å². The minimum Gasteiger partial charge on any atom is -0.393 e. The van der Waals surface area contributed by atoms with Gasteiger partial charge in [0, 0.05) is 20.1 Å². The maximum absolute atomic E-state index is 5.95. The van der Waals surface area contributed by atoms with Gasteiger partial charge in [0.25, 0.3) is 0 Å². The summed E-state index contributed by atoms with van der Waals surface area (Å²) in [6.07, 6.45) is 5.53. The van der Waals surface area contributed by atoms with E-state index in [1.807, 2.05) is 0 Å². The predicted octanol–water partition coefficient (Wildman–Crippen LogP) is 0.998. The lowest BCUT2D eigenvalue weighted by atomic mass is 10.1. The van der Waals surface area contributed by atoms with Crippen molar-refractivity contribution in [3.05, 3.63) is 6.33 Å². The third-order valence-corrected chi connectivity index (χ3v) is 3.29. The van der Waals surface area contributed by atoms with Crippen LogP contribution in [-0.4, -0.2) is 48.1 Å². The van der Waals surface area contributed by atoms with E-state index < -0.39 is 0 Å². The predicted molar refractivity (Wildman–Crippen MR) is 74.8 cm³/mol. The van der Waals surface area contributed by atoms with Crippen LogP contribution in [-0.2, 0) is 0 Å². The van der Waals surface area contributed by atoms with E-state index in [9.17, 15) is 0 Å². The molecule has 1 aromatic rings. The first-order chi connectivity index (χ1) is 8.81. The summed E-state index contributed by atoms with van der Waals surface area (Å²) < 4.78 is 0. The first-order valence-corrected chi connectivity index (χ1v) is 6.55. The molecule has 1 aromatic heterocycles. The van der Waals surface area contributed by atoms with Crippen molar-refractivity contribution in [2.24, 2.45) is 0 Å². The maximum Gasteiger partial charge on any atom is 0.154 e. The summed E-state index contributed by atoms with van der Waals surface area (Å²) >= 11 is 0. The molecule has 0 aliphatic carbocycles. The number of anilines is 3. The van der Waals surface area contributed by atoms with Crippen LogP contribution in [0.15, 0.2) is 6.33 Å². The smallest absolute Gasteiger partial charge is 0.154 e. The van der Waals surface area contributed by atoms with Crippen molar-refractivity contribution >= 4 is 17.3 Å². The summed E-state index contributed by atoms with van der Waals surface area (Å²) in [5.74, 6) is 1.39. The van der Waals surface area contributed by atoms with E-state index >= 15 is 0 Å². The van der Waals surface area contributed by atoms with E-state index in [1.165, 1.54) is 38.7 Å². The molecule has 2 heterocycles. The quantitative estimate of drug-likeness (QED) is 0.723. The SMILES string of the molecule is CNc1ncnc(NCCN2CCCCC2)c1N. The van der Waals surface area contributed by atoms with E-state index in [0.717, 1.165) is 13.1 Å². The summed E-state index contributed by atoms with van der Waals surface area (Å²) in [7, 11) is 1.80. The molecule has 1 aliphatic rings. The Labute approximate surface area is 108 Å². The third-order valence-electron chi connectivity index (χ3n) is 3.29. The molecule has 1 aliphatic heterocycles. The van der Waals surface area contributed by atoms with Crippen LogP contribution in [0.4, 0.5) is 17.3 Å². The van der Waals surface area contributed by atoms with Gasteiger partial charge in [-0.15, -0.1) is 0 Å². The molecule has 0 atom stereocenters. The number of nitrogens with two attached hydrogens (primary N) is 1. The third kappa shape index (κ3) is 3.22. The lowest BCUT2D eigenvalue weighted by molar-refractivity contribution is 0.237. The zero-order valence-corrected chi connectivity index (χ0v) is 10.9. The normalized spacial score (nSPS) is 16.5. The molecule has 2 rings (SSSR count). The van der Waals surface area contributed by atoms with Gasteiger partial charge in [-0.1, -0.05) is 6.42 Å². The maximum atomic E-state index is 5.95. The molecule has 0 aromatic carbocycles. The van der Waals surface area contributed by atoms with Gasteiger partial charge in [0.05, 0.1) is 0 Å². The Morgan fingerprint density at radius 2 is 1.94 bits per heavy atom. The van der Waals surface area contributed by atoms with Gasteiger partial charge >= 0.3 is 0 Å². The number of nitrogens with zero attached hydrogens (tertiary/aromatic N) is 3. The highest BCUT2D eigenvalue weighted by atomic mass is 15.2. The molecule has 0 unspecified atom stereocenters. The number of nitrogens with one attached hydrogen (secondary N) is 2. The summed E-state index contributed by atoms with van der Waals surface area (Å²) in [4.78, 5) is 10.7. The Kier molecular flexibility index (Phi) is 4.58. The summed E-state index contributed by atoms with van der Waals surface area (Å²) in [6, 6.07) is 0. The van der Waals surface area contributed by atoms with Crippen molar-refractivity contribution in [1.29, 1.82) is 0 Å². The fraction of sp³-hybridized carbons (Fsp3) is 0.667. The molecule has 6 heteroatoms. The van der Waals surface area contributed by atoms with Crippen molar-refractivity contribution in [2.45, 2.75) is 19.3 Å². The fourth-order valence-electron chi connectivity index (χ4n) is 2.25. The van der Waals surface area contributed by atoms with Gasteiger partial charge in [-0.25, -0.2) is 9.97 Å². The van der Waals surface area contributed by atoms with Gasteiger partial charge < -0.3 is 21.3 Å². The Morgan fingerprint density at radius 1 is 1.22 bits per heavy atom. The van der Waals surface area contributed by atoms with E-state index in [4.69, 9.17) is 5.73 Å². The van der Waals surface area contributed by atoms with Crippen molar-refractivity contribution in [1.82, 2.24) is 14.9 Å². The lowest BCUT2D eigenvalue weighted by Gasteiger charge is -2.26. The molecule has 18 heavy (non-hydrogen) atoms. The zero-order chi connectivity index (χ0) is 12.8. The average Bonchev–Trinajstić information content (AvgIpc) is 2.42. The first-order valence-electron chi connectivity index (χ1n) is 6.55. The second kappa shape index (κ2) is 6.39. The van der Waals surface area contributed by atoms with Crippen molar-refractivity contribution in [2.75, 3.05) is 49.6 Å². The largest absolute Gasteiger partial charge is 0.393 e. The van der Waals surface area contributed by atoms with Crippen molar-refractivity contribution < 1.29 is 0 Å². The van der Waals surface area contributed by atoms with Crippen LogP contribution >= 0.6 is 0 Å². The summed E-state index contributed by atoms with van der Waals surface area (Å²) in [5, 5.41) is 6.23. The Bertz CT molecular complexity index is 375. The molecule has 100 valence electrons. The second-order valence-corrected chi connectivity index (χ2v) is 4.56. The zero-order valence-electron chi connectivity index (χ0n) is 10.9. The number of rotatable bonds is 5. The highest BCUT2D eigenvalue weighted by Crippen LogP contribution is 2.21. The van der Waals surface area contributed by atoms with E-state index in [1.54, 1.807) is 7.05 Å². The molecule has 1 saturated heterocycles. The highest BCUT2D eigenvalue weighted by molar-refractivity contribution is 5.73. The van der Waals surface area contributed by atoms with Crippen molar-refractivity contribution in [3.8, 4) is 0 Å². The number of likely N-dealkylation sites (tertiary alicyclic amines) is 1. The Morgan fingerprint density at radius 3 is 2.67 bits per heavy atom. The molecule has 1 fully saturated rings. The number of nitrogen functional groups attached to an aromatic ring is 1. The Balaban J connectivity index is 1.82. The number of piperidine rings is 1. The van der Waals surface area contributed by atoms with Crippen LogP contribution in [0.3, 0.4) is 0 Å². The van der Waals surface area contributed by atoms with Gasteiger partial charge in [-0.05, 0) is 25.9 Å². The molecule has 0 saturated carbocycles. The van der Waals surface area contributed by atoms with Gasteiger partial charge in [0.1, 0.15) is 12.0 Å². The van der Waals surface area contributed by atoms with E-state index in [0.29, 0.717) is 17.3 Å². The monoisotopic (exact) mass is 250 g/mol. The van der Waals surface area contributed by atoms with E-state index in [2.05, 4.69) is 25.5 Å². The standard InChI is InChI=1S/C12H22N6/c1-14-11-10(13)12(17-9-16-11)15-5-8-18-6-3-2-4-7-18/h9H,2-8,13H2,1H3,(H2,14,15,16,17). The van der Waals surface area contributed by atoms with Crippen molar-refractivity contribution in [3.63, 3.8) is 0 Å². The summed E-state index contributed by atoms with van der Waals surface area (Å²) in [5.41, 5.74) is 6.53. The topological polar surface area (TPSA) is 79.1 Å². The highest BCUT2D eigenvalue weighted by Gasteiger charge is 2.10.